The monoisotopic (exact) mass is 316 g/mol. The fourth-order valence-corrected chi connectivity index (χ4v) is 2.42. The molecule has 1 N–H and O–H groups in total. The van der Waals surface area contributed by atoms with Gasteiger partial charge in [0.25, 0.3) is 5.91 Å². The summed E-state index contributed by atoms with van der Waals surface area (Å²) in [4.78, 5) is 16.0. The standard InChI is InChI=1S/C17H21FN4O/c1-2-7-20-17(23)14(12-19)13-21-8-10-22(11-9-21)16-5-3-15(18)4-6-16/h3-6,13H,2,7-11H2,1H3,(H,20,23)/b14-13-. The van der Waals surface area contributed by atoms with E-state index < -0.39 is 0 Å². The van der Waals surface area contributed by atoms with Gasteiger partial charge < -0.3 is 15.1 Å². The summed E-state index contributed by atoms with van der Waals surface area (Å²) in [6, 6.07) is 8.39. The lowest BCUT2D eigenvalue weighted by atomic mass is 10.2. The van der Waals surface area contributed by atoms with Gasteiger partial charge in [-0.3, -0.25) is 4.79 Å². The molecule has 1 fully saturated rings. The molecule has 0 saturated carbocycles. The average molecular weight is 316 g/mol. The van der Waals surface area contributed by atoms with E-state index in [0.29, 0.717) is 19.6 Å². The van der Waals surface area contributed by atoms with E-state index in [4.69, 9.17) is 5.26 Å². The van der Waals surface area contributed by atoms with Crippen molar-refractivity contribution in [3.8, 4) is 6.07 Å². The van der Waals surface area contributed by atoms with Crippen LogP contribution >= 0.6 is 0 Å². The van der Waals surface area contributed by atoms with Crippen molar-refractivity contribution in [3.05, 3.63) is 41.9 Å². The van der Waals surface area contributed by atoms with Gasteiger partial charge in [-0.15, -0.1) is 0 Å². The third-order valence-corrected chi connectivity index (χ3v) is 3.72. The van der Waals surface area contributed by atoms with Crippen LogP contribution in [0.2, 0.25) is 0 Å². The summed E-state index contributed by atoms with van der Waals surface area (Å²) >= 11 is 0. The fourth-order valence-electron chi connectivity index (χ4n) is 2.42. The molecule has 1 aliphatic heterocycles. The number of carbonyl (C=O) groups is 1. The Kier molecular flexibility index (Phi) is 5.98. The number of amides is 1. The molecule has 1 amide bonds. The number of hydrogen-bond donors (Lipinski definition) is 1. The molecule has 0 unspecified atom stereocenters. The first-order valence-corrected chi connectivity index (χ1v) is 7.78. The molecule has 6 heteroatoms. The minimum atomic E-state index is -0.324. The van der Waals surface area contributed by atoms with Gasteiger partial charge in [0.15, 0.2) is 0 Å². The second-order valence-corrected chi connectivity index (χ2v) is 5.41. The number of anilines is 1. The number of halogens is 1. The van der Waals surface area contributed by atoms with Gasteiger partial charge in [-0.25, -0.2) is 4.39 Å². The number of carbonyl (C=O) groups excluding carboxylic acids is 1. The van der Waals surface area contributed by atoms with Crippen molar-refractivity contribution >= 4 is 11.6 Å². The quantitative estimate of drug-likeness (QED) is 0.666. The number of rotatable bonds is 5. The largest absolute Gasteiger partial charge is 0.373 e. The summed E-state index contributed by atoms with van der Waals surface area (Å²) in [6.45, 7) is 5.48. The van der Waals surface area contributed by atoms with E-state index in [1.54, 1.807) is 18.3 Å². The molecule has 1 aliphatic rings. The second-order valence-electron chi connectivity index (χ2n) is 5.41. The molecule has 0 atom stereocenters. The number of nitriles is 1. The summed E-state index contributed by atoms with van der Waals surface area (Å²) in [6.07, 6.45) is 2.47. The zero-order valence-electron chi connectivity index (χ0n) is 13.3. The molecule has 0 spiro atoms. The van der Waals surface area contributed by atoms with Crippen LogP contribution in [0.3, 0.4) is 0 Å². The predicted molar refractivity (Wildman–Crippen MR) is 87.2 cm³/mol. The number of benzene rings is 1. The van der Waals surface area contributed by atoms with Crippen LogP contribution in [0.15, 0.2) is 36.0 Å². The van der Waals surface area contributed by atoms with Crippen LogP contribution in [0.4, 0.5) is 10.1 Å². The SMILES string of the molecule is CCCNC(=O)/C(C#N)=C\N1CCN(c2ccc(F)cc2)CC1. The highest BCUT2D eigenvalue weighted by Gasteiger charge is 2.17. The molecule has 0 aromatic heterocycles. The normalized spacial score (nSPS) is 15.3. The van der Waals surface area contributed by atoms with Crippen molar-refractivity contribution in [1.82, 2.24) is 10.2 Å². The highest BCUT2D eigenvalue weighted by molar-refractivity contribution is 5.97. The van der Waals surface area contributed by atoms with E-state index >= 15 is 0 Å². The first-order valence-electron chi connectivity index (χ1n) is 7.78. The van der Waals surface area contributed by atoms with Crippen LogP contribution in [-0.4, -0.2) is 43.5 Å². The first-order chi connectivity index (χ1) is 11.1. The van der Waals surface area contributed by atoms with Crippen molar-refractivity contribution in [2.75, 3.05) is 37.6 Å². The average Bonchev–Trinajstić information content (AvgIpc) is 2.59. The minimum absolute atomic E-state index is 0.133. The van der Waals surface area contributed by atoms with Gasteiger partial charge in [0.2, 0.25) is 0 Å². The van der Waals surface area contributed by atoms with Crippen LogP contribution in [-0.2, 0) is 4.79 Å². The Bertz CT molecular complexity index is 598. The zero-order chi connectivity index (χ0) is 16.7. The van der Waals surface area contributed by atoms with E-state index in [0.717, 1.165) is 25.2 Å². The number of hydrogen-bond acceptors (Lipinski definition) is 4. The Morgan fingerprint density at radius 3 is 2.52 bits per heavy atom. The summed E-state index contributed by atoms with van der Waals surface area (Å²) < 4.78 is 13.0. The molecule has 0 bridgehead atoms. The molecule has 5 nitrogen and oxygen atoms in total. The minimum Gasteiger partial charge on any atom is -0.373 e. The van der Waals surface area contributed by atoms with Crippen LogP contribution < -0.4 is 10.2 Å². The number of nitrogens with zero attached hydrogens (tertiary/aromatic N) is 3. The molecule has 1 aromatic carbocycles. The Labute approximate surface area is 136 Å². The molecule has 0 radical (unpaired) electrons. The summed E-state index contributed by atoms with van der Waals surface area (Å²) in [7, 11) is 0. The summed E-state index contributed by atoms with van der Waals surface area (Å²) in [5, 5.41) is 11.8. The van der Waals surface area contributed by atoms with Gasteiger partial charge in [-0.2, -0.15) is 5.26 Å². The van der Waals surface area contributed by atoms with E-state index in [-0.39, 0.29) is 17.3 Å². The van der Waals surface area contributed by atoms with Gasteiger partial charge in [0.05, 0.1) is 0 Å². The third kappa shape index (κ3) is 4.71. The van der Waals surface area contributed by atoms with Crippen molar-refractivity contribution in [1.29, 1.82) is 5.26 Å². The molecule has 0 aliphatic carbocycles. The summed E-state index contributed by atoms with van der Waals surface area (Å²) in [5.41, 5.74) is 1.12. The lowest BCUT2D eigenvalue weighted by Crippen LogP contribution is -2.44. The molecular formula is C17H21FN4O. The van der Waals surface area contributed by atoms with Gasteiger partial charge in [0, 0.05) is 44.6 Å². The number of nitrogens with one attached hydrogen (secondary N) is 1. The topological polar surface area (TPSA) is 59.4 Å². The van der Waals surface area contributed by atoms with Gasteiger partial charge >= 0.3 is 0 Å². The van der Waals surface area contributed by atoms with Crippen LogP contribution in [0.1, 0.15) is 13.3 Å². The van der Waals surface area contributed by atoms with Crippen LogP contribution in [0, 0.1) is 17.1 Å². The Hall–Kier alpha value is -2.55. The molecule has 23 heavy (non-hydrogen) atoms. The van der Waals surface area contributed by atoms with E-state index in [1.165, 1.54) is 12.1 Å². The third-order valence-electron chi connectivity index (χ3n) is 3.72. The first kappa shape index (κ1) is 16.8. The molecule has 1 aromatic rings. The lowest BCUT2D eigenvalue weighted by molar-refractivity contribution is -0.117. The Morgan fingerprint density at radius 2 is 1.96 bits per heavy atom. The van der Waals surface area contributed by atoms with Gasteiger partial charge in [-0.05, 0) is 30.7 Å². The smallest absolute Gasteiger partial charge is 0.263 e. The highest BCUT2D eigenvalue weighted by atomic mass is 19.1. The number of piperazine rings is 1. The molecule has 1 saturated heterocycles. The maximum atomic E-state index is 13.0. The van der Waals surface area contributed by atoms with E-state index in [2.05, 4.69) is 10.2 Å². The van der Waals surface area contributed by atoms with Crippen molar-refractivity contribution in [2.45, 2.75) is 13.3 Å². The summed E-state index contributed by atoms with van der Waals surface area (Å²) in [5.74, 6) is -0.567. The molecule has 2 rings (SSSR count). The highest BCUT2D eigenvalue weighted by Crippen LogP contribution is 2.17. The van der Waals surface area contributed by atoms with Gasteiger partial charge in [-0.1, -0.05) is 6.92 Å². The van der Waals surface area contributed by atoms with Crippen molar-refractivity contribution in [2.24, 2.45) is 0 Å². The van der Waals surface area contributed by atoms with E-state index in [1.807, 2.05) is 17.9 Å². The van der Waals surface area contributed by atoms with Gasteiger partial charge in [0.1, 0.15) is 17.5 Å². The lowest BCUT2D eigenvalue weighted by Gasteiger charge is -2.35. The molecule has 1 heterocycles. The molecule has 122 valence electrons. The van der Waals surface area contributed by atoms with Crippen molar-refractivity contribution in [3.63, 3.8) is 0 Å². The molecular weight excluding hydrogens is 295 g/mol. The zero-order valence-corrected chi connectivity index (χ0v) is 13.3. The van der Waals surface area contributed by atoms with Crippen LogP contribution in [0.5, 0.6) is 0 Å². The Balaban J connectivity index is 1.92. The maximum absolute atomic E-state index is 13.0. The fraction of sp³-hybridized carbons (Fsp3) is 0.412. The second kappa shape index (κ2) is 8.18. The van der Waals surface area contributed by atoms with E-state index in [9.17, 15) is 9.18 Å². The van der Waals surface area contributed by atoms with Crippen LogP contribution in [0.25, 0.3) is 0 Å². The Morgan fingerprint density at radius 1 is 1.30 bits per heavy atom. The maximum Gasteiger partial charge on any atom is 0.263 e. The predicted octanol–water partition coefficient (Wildman–Crippen LogP) is 1.88. The van der Waals surface area contributed by atoms with Crippen molar-refractivity contribution < 1.29 is 9.18 Å².